The largest absolute Gasteiger partial charge is 0.347 e. The van der Waals surface area contributed by atoms with E-state index in [0.29, 0.717) is 10.9 Å². The Morgan fingerprint density at radius 1 is 1.50 bits per heavy atom. The fourth-order valence-corrected chi connectivity index (χ4v) is 2.17. The maximum absolute atomic E-state index is 13.8. The van der Waals surface area contributed by atoms with Crippen molar-refractivity contribution in [2.75, 3.05) is 0 Å². The lowest BCUT2D eigenvalue weighted by molar-refractivity contribution is 0.101. The van der Waals surface area contributed by atoms with Gasteiger partial charge in [0.2, 0.25) is 0 Å². The number of hydrogen-bond acceptors (Lipinski definition) is 1. The first-order valence-corrected chi connectivity index (χ1v) is 6.04. The zero-order valence-electron chi connectivity index (χ0n) is 10.4. The van der Waals surface area contributed by atoms with Gasteiger partial charge < -0.3 is 4.57 Å². The highest BCUT2D eigenvalue weighted by molar-refractivity contribution is 6.07. The second kappa shape index (κ2) is 5.17. The Hall–Kier alpha value is -1.90. The van der Waals surface area contributed by atoms with E-state index in [1.165, 1.54) is 13.0 Å². The highest BCUT2D eigenvalue weighted by Crippen LogP contribution is 2.25. The SMILES string of the molecule is C=CCCCn1cc(C(C)=O)c2c(F)cccc21. The van der Waals surface area contributed by atoms with Gasteiger partial charge in [0.1, 0.15) is 5.82 Å². The number of nitrogens with zero attached hydrogens (tertiary/aromatic N) is 1. The van der Waals surface area contributed by atoms with Crippen molar-refractivity contribution in [1.82, 2.24) is 4.57 Å². The molecule has 2 aromatic rings. The van der Waals surface area contributed by atoms with Gasteiger partial charge in [0.05, 0.1) is 5.52 Å². The van der Waals surface area contributed by atoms with E-state index in [-0.39, 0.29) is 11.6 Å². The summed E-state index contributed by atoms with van der Waals surface area (Å²) < 4.78 is 15.8. The van der Waals surface area contributed by atoms with Gasteiger partial charge in [-0.25, -0.2) is 4.39 Å². The van der Waals surface area contributed by atoms with Crippen LogP contribution in [0.15, 0.2) is 37.1 Å². The third-order valence-corrected chi connectivity index (χ3v) is 3.04. The predicted octanol–water partition coefficient (Wildman–Crippen LogP) is 3.95. The van der Waals surface area contributed by atoms with Crippen molar-refractivity contribution < 1.29 is 9.18 Å². The first kappa shape index (κ1) is 12.6. The second-order valence-corrected chi connectivity index (χ2v) is 4.36. The summed E-state index contributed by atoms with van der Waals surface area (Å²) in [6.07, 6.45) is 5.45. The molecule has 2 rings (SSSR count). The van der Waals surface area contributed by atoms with Crippen LogP contribution in [-0.4, -0.2) is 10.4 Å². The average molecular weight is 245 g/mol. The zero-order chi connectivity index (χ0) is 13.1. The Balaban J connectivity index is 2.51. The van der Waals surface area contributed by atoms with Crippen LogP contribution in [0.3, 0.4) is 0 Å². The molecule has 0 amide bonds. The number of fused-ring (bicyclic) bond motifs is 1. The summed E-state index contributed by atoms with van der Waals surface area (Å²) in [6.45, 7) is 5.91. The molecule has 1 aromatic heterocycles. The number of aromatic nitrogens is 1. The van der Waals surface area contributed by atoms with Crippen molar-refractivity contribution >= 4 is 16.7 Å². The Kier molecular flexibility index (Phi) is 3.60. The molecule has 0 saturated carbocycles. The minimum Gasteiger partial charge on any atom is -0.347 e. The van der Waals surface area contributed by atoms with Gasteiger partial charge in [-0.1, -0.05) is 12.1 Å². The Morgan fingerprint density at radius 2 is 2.28 bits per heavy atom. The highest BCUT2D eigenvalue weighted by atomic mass is 19.1. The number of unbranched alkanes of at least 4 members (excludes halogenated alkanes) is 1. The van der Waals surface area contributed by atoms with Gasteiger partial charge in [-0.2, -0.15) is 0 Å². The fourth-order valence-electron chi connectivity index (χ4n) is 2.17. The number of aryl methyl sites for hydroxylation is 1. The van der Waals surface area contributed by atoms with Crippen LogP contribution in [0, 0.1) is 5.82 Å². The molecule has 94 valence electrons. The Morgan fingerprint density at radius 3 is 2.94 bits per heavy atom. The van der Waals surface area contributed by atoms with Crippen LogP contribution in [0.4, 0.5) is 4.39 Å². The van der Waals surface area contributed by atoms with E-state index >= 15 is 0 Å². The number of Topliss-reactive ketones (excluding diaryl/α,β-unsaturated/α-hetero) is 1. The van der Waals surface area contributed by atoms with E-state index in [0.717, 1.165) is 24.9 Å². The van der Waals surface area contributed by atoms with Gasteiger partial charge in [-0.05, 0) is 31.9 Å². The maximum Gasteiger partial charge on any atom is 0.162 e. The minimum absolute atomic E-state index is 0.104. The lowest BCUT2D eigenvalue weighted by Gasteiger charge is -2.03. The summed E-state index contributed by atoms with van der Waals surface area (Å²) in [6, 6.07) is 4.91. The molecule has 0 radical (unpaired) electrons. The summed E-state index contributed by atoms with van der Waals surface area (Å²) in [4.78, 5) is 11.6. The number of carbonyl (C=O) groups excluding carboxylic acids is 1. The van der Waals surface area contributed by atoms with E-state index in [1.54, 1.807) is 12.3 Å². The van der Waals surface area contributed by atoms with Gasteiger partial charge in [-0.15, -0.1) is 6.58 Å². The smallest absolute Gasteiger partial charge is 0.162 e. The maximum atomic E-state index is 13.8. The summed E-state index contributed by atoms with van der Waals surface area (Å²) in [5, 5.41) is 0.434. The zero-order valence-corrected chi connectivity index (χ0v) is 10.4. The Labute approximate surface area is 106 Å². The third-order valence-electron chi connectivity index (χ3n) is 3.04. The monoisotopic (exact) mass is 245 g/mol. The molecule has 1 heterocycles. The molecule has 0 bridgehead atoms. The third kappa shape index (κ3) is 2.21. The van der Waals surface area contributed by atoms with E-state index in [1.807, 2.05) is 16.7 Å². The Bertz CT molecular complexity index is 598. The van der Waals surface area contributed by atoms with Gasteiger partial charge in [-0.3, -0.25) is 4.79 Å². The molecule has 3 heteroatoms. The lowest BCUT2D eigenvalue weighted by atomic mass is 10.1. The van der Waals surface area contributed by atoms with Crippen LogP contribution >= 0.6 is 0 Å². The van der Waals surface area contributed by atoms with Crippen LogP contribution in [0.2, 0.25) is 0 Å². The van der Waals surface area contributed by atoms with Gasteiger partial charge >= 0.3 is 0 Å². The molecular weight excluding hydrogens is 229 g/mol. The first-order valence-electron chi connectivity index (χ1n) is 6.04. The fraction of sp³-hybridized carbons (Fsp3) is 0.267. The van der Waals surface area contributed by atoms with E-state index in [2.05, 4.69) is 6.58 Å². The van der Waals surface area contributed by atoms with Crippen molar-refractivity contribution in [3.05, 3.63) is 48.4 Å². The molecule has 0 aliphatic heterocycles. The van der Waals surface area contributed by atoms with Crippen LogP contribution in [-0.2, 0) is 6.54 Å². The number of allylic oxidation sites excluding steroid dienone is 1. The number of ketones is 1. The molecule has 0 N–H and O–H groups in total. The molecule has 0 unspecified atom stereocenters. The molecule has 0 saturated heterocycles. The second-order valence-electron chi connectivity index (χ2n) is 4.36. The van der Waals surface area contributed by atoms with Crippen molar-refractivity contribution in [3.8, 4) is 0 Å². The number of benzene rings is 1. The summed E-state index contributed by atoms with van der Waals surface area (Å²) >= 11 is 0. The standard InChI is InChI=1S/C15H16FNO/c1-3-4-5-9-17-10-12(11(2)18)15-13(16)7-6-8-14(15)17/h3,6-8,10H,1,4-5,9H2,2H3. The van der Waals surface area contributed by atoms with Gasteiger partial charge in [0.15, 0.2) is 5.78 Å². The van der Waals surface area contributed by atoms with Crippen molar-refractivity contribution in [2.45, 2.75) is 26.3 Å². The quantitative estimate of drug-likeness (QED) is 0.444. The normalized spacial score (nSPS) is 10.8. The molecule has 0 atom stereocenters. The van der Waals surface area contributed by atoms with Crippen LogP contribution in [0.1, 0.15) is 30.1 Å². The molecule has 2 nitrogen and oxygen atoms in total. The molecular formula is C15H16FNO. The molecule has 0 fully saturated rings. The average Bonchev–Trinajstić information content (AvgIpc) is 2.70. The van der Waals surface area contributed by atoms with E-state index in [9.17, 15) is 9.18 Å². The van der Waals surface area contributed by atoms with E-state index in [4.69, 9.17) is 0 Å². The molecule has 0 aliphatic carbocycles. The minimum atomic E-state index is -0.333. The first-order chi connectivity index (χ1) is 8.65. The molecule has 18 heavy (non-hydrogen) atoms. The van der Waals surface area contributed by atoms with Crippen molar-refractivity contribution in [3.63, 3.8) is 0 Å². The molecule has 1 aromatic carbocycles. The van der Waals surface area contributed by atoms with Gasteiger partial charge in [0.25, 0.3) is 0 Å². The topological polar surface area (TPSA) is 22.0 Å². The summed E-state index contributed by atoms with van der Waals surface area (Å²) in [5.41, 5.74) is 1.24. The van der Waals surface area contributed by atoms with Crippen LogP contribution in [0.25, 0.3) is 10.9 Å². The summed E-state index contributed by atoms with van der Waals surface area (Å²) in [7, 11) is 0. The van der Waals surface area contributed by atoms with Crippen LogP contribution < -0.4 is 0 Å². The van der Waals surface area contributed by atoms with Crippen molar-refractivity contribution in [2.24, 2.45) is 0 Å². The van der Waals surface area contributed by atoms with Crippen LogP contribution in [0.5, 0.6) is 0 Å². The summed E-state index contributed by atoms with van der Waals surface area (Å²) in [5.74, 6) is -0.437. The van der Waals surface area contributed by atoms with Gasteiger partial charge in [0, 0.05) is 23.7 Å². The molecule has 0 aliphatic rings. The molecule has 0 spiro atoms. The number of halogens is 1. The van der Waals surface area contributed by atoms with E-state index < -0.39 is 0 Å². The highest BCUT2D eigenvalue weighted by Gasteiger charge is 2.14. The number of hydrogen-bond donors (Lipinski definition) is 0. The number of carbonyl (C=O) groups is 1. The van der Waals surface area contributed by atoms with Crippen molar-refractivity contribution in [1.29, 1.82) is 0 Å². The lowest BCUT2D eigenvalue weighted by Crippen LogP contribution is -1.95. The predicted molar refractivity (Wildman–Crippen MR) is 71.3 cm³/mol. The number of rotatable bonds is 5.